The fourth-order valence-electron chi connectivity index (χ4n) is 9.09. The maximum atomic E-state index is 15.2. The summed E-state index contributed by atoms with van der Waals surface area (Å²) in [7, 11) is 2.08. The number of aromatic nitrogens is 1. The van der Waals surface area contributed by atoms with Gasteiger partial charge in [0.2, 0.25) is 6.79 Å². The fourth-order valence-corrected chi connectivity index (χ4v) is 9.09. The number of nitrogens with zero attached hydrogens (tertiary/aromatic N) is 5. The molecule has 57 heavy (non-hydrogen) atoms. The Kier molecular flexibility index (Phi) is 9.11. The molecule has 12 nitrogen and oxygen atoms in total. The molecular weight excluding hydrogens is 723 g/mol. The van der Waals surface area contributed by atoms with E-state index in [9.17, 15) is 5.11 Å². The van der Waals surface area contributed by atoms with Gasteiger partial charge in [-0.25, -0.2) is 0 Å². The molecule has 5 aromatic rings. The van der Waals surface area contributed by atoms with E-state index in [1.165, 1.54) is 11.1 Å². The Morgan fingerprint density at radius 2 is 1.54 bits per heavy atom. The van der Waals surface area contributed by atoms with E-state index in [0.29, 0.717) is 66.8 Å². The third-order valence-corrected chi connectivity index (χ3v) is 12.1. The molecule has 12 heteroatoms. The van der Waals surface area contributed by atoms with Crippen LogP contribution < -0.4 is 19.3 Å². The normalized spacial score (nSPS) is 18.6. The molecule has 0 spiro atoms. The van der Waals surface area contributed by atoms with E-state index in [2.05, 4.69) is 51.7 Å². The molecule has 1 aromatic heterocycles. The first-order chi connectivity index (χ1) is 27.9. The SMILES string of the molecule is CN1CCc2cc(N(C(=O)c3cc(-c4cc5c(cc4C(=O)N4Cc6ccccc6C[C@H]4CN4CCOCC4)OCO5)n4c3COCC4)c3ccc(O)cc3)ccc21. The van der Waals surface area contributed by atoms with Gasteiger partial charge in [-0.05, 0) is 90.2 Å². The number of benzene rings is 4. The predicted molar refractivity (Wildman–Crippen MR) is 215 cm³/mol. The number of likely N-dealkylation sites (N-methyl/N-ethyl adjacent to an activating group) is 1. The summed E-state index contributed by atoms with van der Waals surface area (Å²) < 4.78 is 25.6. The Morgan fingerprint density at radius 1 is 0.789 bits per heavy atom. The number of aromatic hydroxyl groups is 1. The van der Waals surface area contributed by atoms with E-state index in [1.807, 2.05) is 35.2 Å². The lowest BCUT2D eigenvalue weighted by molar-refractivity contribution is 0.0193. The number of amides is 2. The molecule has 0 unspecified atom stereocenters. The van der Waals surface area contributed by atoms with Crippen LogP contribution in [0.15, 0.2) is 84.9 Å². The van der Waals surface area contributed by atoms with Crippen LogP contribution in [0.4, 0.5) is 17.1 Å². The lowest BCUT2D eigenvalue weighted by Crippen LogP contribution is -2.52. The van der Waals surface area contributed by atoms with Crippen molar-refractivity contribution >= 4 is 28.9 Å². The van der Waals surface area contributed by atoms with Crippen LogP contribution in [-0.4, -0.2) is 97.2 Å². The second kappa shape index (κ2) is 14.6. The van der Waals surface area contributed by atoms with Crippen LogP contribution in [0.1, 0.15) is 43.1 Å². The summed E-state index contributed by atoms with van der Waals surface area (Å²) in [5.74, 6) is 0.859. The molecule has 5 aliphatic heterocycles. The minimum absolute atomic E-state index is 0.0542. The van der Waals surface area contributed by atoms with E-state index in [4.69, 9.17) is 18.9 Å². The Balaban J connectivity index is 1.08. The van der Waals surface area contributed by atoms with Crippen molar-refractivity contribution in [2.75, 3.05) is 69.6 Å². The third-order valence-electron chi connectivity index (χ3n) is 12.1. The average Bonchev–Trinajstić information content (AvgIpc) is 3.97. The summed E-state index contributed by atoms with van der Waals surface area (Å²) in [5, 5.41) is 10.2. The van der Waals surface area contributed by atoms with Gasteiger partial charge >= 0.3 is 0 Å². The number of rotatable bonds is 7. The molecule has 4 aromatic carbocycles. The molecule has 1 fully saturated rings. The molecule has 0 bridgehead atoms. The highest BCUT2D eigenvalue weighted by Crippen LogP contribution is 2.43. The first kappa shape index (κ1) is 35.6. The lowest BCUT2D eigenvalue weighted by atomic mass is 9.92. The van der Waals surface area contributed by atoms with Crippen LogP contribution in [0.2, 0.25) is 0 Å². The lowest BCUT2D eigenvalue weighted by Gasteiger charge is -2.40. The molecule has 1 saturated heterocycles. The highest BCUT2D eigenvalue weighted by Gasteiger charge is 2.36. The zero-order valence-electron chi connectivity index (χ0n) is 32.0. The van der Waals surface area contributed by atoms with E-state index >= 15 is 9.59 Å². The minimum Gasteiger partial charge on any atom is -0.508 e. The van der Waals surface area contributed by atoms with Crippen molar-refractivity contribution in [2.24, 2.45) is 0 Å². The average molecular weight is 768 g/mol. The highest BCUT2D eigenvalue weighted by molar-refractivity contribution is 6.13. The van der Waals surface area contributed by atoms with Crippen molar-refractivity contribution in [3.8, 4) is 28.5 Å². The number of morpholine rings is 1. The van der Waals surface area contributed by atoms with Gasteiger partial charge in [-0.1, -0.05) is 24.3 Å². The van der Waals surface area contributed by atoms with Gasteiger partial charge in [0.25, 0.3) is 11.8 Å². The van der Waals surface area contributed by atoms with Gasteiger partial charge in [0.05, 0.1) is 48.9 Å². The smallest absolute Gasteiger partial charge is 0.264 e. The monoisotopic (exact) mass is 767 g/mol. The molecule has 6 heterocycles. The van der Waals surface area contributed by atoms with Gasteiger partial charge in [-0.15, -0.1) is 0 Å². The predicted octanol–water partition coefficient (Wildman–Crippen LogP) is 5.99. The Hall–Kier alpha value is -5.82. The largest absolute Gasteiger partial charge is 0.508 e. The number of hydrogen-bond acceptors (Lipinski definition) is 9. The maximum absolute atomic E-state index is 15.2. The topological polar surface area (TPSA) is 109 Å². The van der Waals surface area contributed by atoms with Gasteiger partial charge in [0.1, 0.15) is 5.75 Å². The number of carbonyl (C=O) groups is 2. The van der Waals surface area contributed by atoms with E-state index < -0.39 is 0 Å². The second-order valence-electron chi connectivity index (χ2n) is 15.5. The molecule has 2 amide bonds. The van der Waals surface area contributed by atoms with Crippen LogP contribution >= 0.6 is 0 Å². The van der Waals surface area contributed by atoms with Gasteiger partial charge in [-0.3, -0.25) is 19.4 Å². The summed E-state index contributed by atoms with van der Waals surface area (Å²) in [6.07, 6.45) is 1.63. The second-order valence-corrected chi connectivity index (χ2v) is 15.5. The van der Waals surface area contributed by atoms with E-state index in [1.54, 1.807) is 29.2 Å². The molecule has 0 saturated carbocycles. The summed E-state index contributed by atoms with van der Waals surface area (Å²) in [6.45, 7) is 6.41. The summed E-state index contributed by atoms with van der Waals surface area (Å²) in [5.41, 5.74) is 9.20. The Bertz CT molecular complexity index is 2370. The van der Waals surface area contributed by atoms with Crippen molar-refractivity contribution in [1.82, 2.24) is 14.4 Å². The van der Waals surface area contributed by atoms with Crippen molar-refractivity contribution in [2.45, 2.75) is 38.6 Å². The molecule has 10 rings (SSSR count). The number of phenolic OH excluding ortho intramolecular Hbond substituents is 1. The summed E-state index contributed by atoms with van der Waals surface area (Å²) >= 11 is 0. The van der Waals surface area contributed by atoms with Gasteiger partial charge in [-0.2, -0.15) is 0 Å². The summed E-state index contributed by atoms with van der Waals surface area (Å²) in [6, 6.07) is 26.8. The molecule has 1 N–H and O–H groups in total. The van der Waals surface area contributed by atoms with Gasteiger partial charge < -0.3 is 38.4 Å². The number of hydrogen-bond donors (Lipinski definition) is 1. The molecule has 1 atom stereocenters. The molecular formula is C45H45N5O7. The number of fused-ring (bicyclic) bond motifs is 4. The van der Waals surface area contributed by atoms with E-state index in [0.717, 1.165) is 67.3 Å². The Labute approximate surface area is 331 Å². The van der Waals surface area contributed by atoms with Crippen LogP contribution in [-0.2, 0) is 42.0 Å². The number of ether oxygens (including phenoxy) is 4. The van der Waals surface area contributed by atoms with Crippen LogP contribution in [0.3, 0.4) is 0 Å². The fraction of sp³-hybridized carbons (Fsp3) is 0.333. The Morgan fingerprint density at radius 3 is 2.37 bits per heavy atom. The standard InChI is InChI=1S/C45H45N5O7/c1-46-13-12-30-21-33(8-11-39(30)46)50(32-6-9-35(51)10-7-32)45(53)38-22-40(48-16-19-55-27-41(38)48)36-23-42-43(57-28-56-42)24-37(36)44(52)49-25-31-5-3-2-4-29(31)20-34(49)26-47-14-17-54-18-15-47/h2-11,21-24,34,51H,12-20,25-28H2,1H3/t34-/m0/s1. The van der Waals surface area contributed by atoms with Crippen LogP contribution in [0.25, 0.3) is 11.3 Å². The molecule has 5 aliphatic rings. The molecule has 0 radical (unpaired) electrons. The summed E-state index contributed by atoms with van der Waals surface area (Å²) in [4.78, 5) is 38.7. The maximum Gasteiger partial charge on any atom is 0.264 e. The van der Waals surface area contributed by atoms with E-state index in [-0.39, 0.29) is 37.0 Å². The van der Waals surface area contributed by atoms with Crippen molar-refractivity contribution in [3.05, 3.63) is 118 Å². The number of carbonyl (C=O) groups excluding carboxylic acids is 2. The van der Waals surface area contributed by atoms with Crippen molar-refractivity contribution in [3.63, 3.8) is 0 Å². The zero-order chi connectivity index (χ0) is 38.6. The highest BCUT2D eigenvalue weighted by atomic mass is 16.7. The van der Waals surface area contributed by atoms with Crippen molar-refractivity contribution in [1.29, 1.82) is 0 Å². The van der Waals surface area contributed by atoms with Gasteiger partial charge in [0, 0.05) is 75.0 Å². The molecule has 0 aliphatic carbocycles. The third kappa shape index (κ3) is 6.47. The first-order valence-electron chi connectivity index (χ1n) is 19.8. The first-order valence-corrected chi connectivity index (χ1v) is 19.8. The zero-order valence-corrected chi connectivity index (χ0v) is 32.0. The number of phenols is 1. The van der Waals surface area contributed by atoms with Gasteiger partial charge in [0.15, 0.2) is 11.5 Å². The molecule has 292 valence electrons. The number of anilines is 3. The van der Waals surface area contributed by atoms with Crippen molar-refractivity contribution < 1.29 is 33.6 Å². The van der Waals surface area contributed by atoms with Crippen LogP contribution in [0, 0.1) is 0 Å². The van der Waals surface area contributed by atoms with Crippen LogP contribution in [0.5, 0.6) is 17.2 Å². The minimum atomic E-state index is -0.237. The quantitative estimate of drug-likeness (QED) is 0.214.